The number of aromatic amines is 1. The molecule has 1 aliphatic rings. The Morgan fingerprint density at radius 1 is 1.25 bits per heavy atom. The molecule has 0 spiro atoms. The molecule has 1 saturated carbocycles. The molecule has 1 aliphatic carbocycles. The van der Waals surface area contributed by atoms with Gasteiger partial charge in [-0.1, -0.05) is 36.8 Å². The highest BCUT2D eigenvalue weighted by atomic mass is 16.2. The van der Waals surface area contributed by atoms with Gasteiger partial charge in [0.1, 0.15) is 12.4 Å². The number of rotatable bonds is 7. The van der Waals surface area contributed by atoms with Crippen LogP contribution in [0.1, 0.15) is 48.3 Å². The fourth-order valence-electron chi connectivity index (χ4n) is 3.44. The van der Waals surface area contributed by atoms with Crippen molar-refractivity contribution in [2.75, 3.05) is 0 Å². The number of carbonyl (C=O) groups is 1. The van der Waals surface area contributed by atoms with Gasteiger partial charge in [0.2, 0.25) is 5.91 Å². The molecule has 7 nitrogen and oxygen atoms in total. The molecular weight excluding hydrogens is 354 g/mol. The average molecular weight is 377 g/mol. The molecule has 1 fully saturated rings. The predicted octanol–water partition coefficient (Wildman–Crippen LogP) is 2.33. The van der Waals surface area contributed by atoms with E-state index in [0.29, 0.717) is 18.0 Å². The third kappa shape index (κ3) is 4.36. The first-order chi connectivity index (χ1) is 13.7. The number of carbonyl (C=O) groups excluding carboxylic acids is 1. The van der Waals surface area contributed by atoms with Crippen molar-refractivity contribution >= 4 is 5.91 Å². The number of amides is 1. The van der Waals surface area contributed by atoms with Gasteiger partial charge in [-0.25, -0.2) is 4.98 Å². The fourth-order valence-corrected chi connectivity index (χ4v) is 3.44. The van der Waals surface area contributed by atoms with Crippen molar-refractivity contribution in [2.24, 2.45) is 0 Å². The molecule has 1 amide bonds. The Bertz CT molecular complexity index is 978. The molecule has 2 N–H and O–H groups in total. The highest BCUT2D eigenvalue weighted by molar-refractivity contribution is 5.76. The standard InChI is InChI=1S/C21H23N5O2/c27-19-13-17(23-21(25-19)16-8-4-9-16)12-18(15-6-2-1-3-7-15)24-20(28)14-26-11-5-10-22-26/h1-3,5-7,10-11,13,16,18H,4,8-9,12,14H2,(H,24,28)(H,23,25,27)/t18-/m0/s1. The Hall–Kier alpha value is -3.22. The van der Waals surface area contributed by atoms with Crippen LogP contribution in [0.2, 0.25) is 0 Å². The molecule has 1 atom stereocenters. The summed E-state index contributed by atoms with van der Waals surface area (Å²) in [6, 6.07) is 12.8. The van der Waals surface area contributed by atoms with Crippen LogP contribution in [0.5, 0.6) is 0 Å². The lowest BCUT2D eigenvalue weighted by atomic mass is 9.85. The van der Waals surface area contributed by atoms with Crippen LogP contribution in [-0.2, 0) is 17.8 Å². The van der Waals surface area contributed by atoms with Crippen molar-refractivity contribution in [3.05, 3.63) is 82.3 Å². The Morgan fingerprint density at radius 2 is 2.07 bits per heavy atom. The molecule has 2 heterocycles. The summed E-state index contributed by atoms with van der Waals surface area (Å²) in [5, 5.41) is 7.14. The minimum absolute atomic E-state index is 0.137. The zero-order valence-corrected chi connectivity index (χ0v) is 15.5. The van der Waals surface area contributed by atoms with Gasteiger partial charge in [0.05, 0.1) is 11.7 Å². The minimum atomic E-state index is -0.271. The number of hydrogen-bond donors (Lipinski definition) is 2. The molecular formula is C21H23N5O2. The summed E-state index contributed by atoms with van der Waals surface area (Å²) in [6.07, 6.45) is 7.15. The van der Waals surface area contributed by atoms with Crippen molar-refractivity contribution in [3.63, 3.8) is 0 Å². The SMILES string of the molecule is O=C(Cn1cccn1)N[C@@H](Cc1cc(=O)[nH]c(C2CCC2)n1)c1ccccc1. The van der Waals surface area contributed by atoms with Gasteiger partial charge in [-0.05, 0) is 24.5 Å². The number of nitrogens with one attached hydrogen (secondary N) is 2. The molecule has 7 heteroatoms. The molecule has 0 unspecified atom stereocenters. The molecule has 3 aromatic rings. The van der Waals surface area contributed by atoms with Crippen molar-refractivity contribution in [2.45, 2.75) is 44.2 Å². The minimum Gasteiger partial charge on any atom is -0.347 e. The second-order valence-electron chi connectivity index (χ2n) is 7.19. The smallest absolute Gasteiger partial charge is 0.251 e. The summed E-state index contributed by atoms with van der Waals surface area (Å²) in [5.41, 5.74) is 1.53. The van der Waals surface area contributed by atoms with Crippen molar-refractivity contribution in [1.29, 1.82) is 0 Å². The molecule has 0 aliphatic heterocycles. The Labute approximate surface area is 162 Å². The molecule has 1 aromatic carbocycles. The van der Waals surface area contributed by atoms with E-state index in [2.05, 4.69) is 20.4 Å². The monoisotopic (exact) mass is 377 g/mol. The number of benzene rings is 1. The molecule has 144 valence electrons. The highest BCUT2D eigenvalue weighted by Gasteiger charge is 2.23. The summed E-state index contributed by atoms with van der Waals surface area (Å²) in [6.45, 7) is 0.145. The molecule has 28 heavy (non-hydrogen) atoms. The summed E-state index contributed by atoms with van der Waals surface area (Å²) in [7, 11) is 0. The van der Waals surface area contributed by atoms with Crippen molar-refractivity contribution < 1.29 is 4.79 Å². The Balaban J connectivity index is 1.55. The van der Waals surface area contributed by atoms with Gasteiger partial charge in [0.15, 0.2) is 0 Å². The lowest BCUT2D eigenvalue weighted by Gasteiger charge is -2.25. The lowest BCUT2D eigenvalue weighted by Crippen LogP contribution is -2.33. The number of nitrogens with zero attached hydrogens (tertiary/aromatic N) is 3. The number of aromatic nitrogens is 4. The van der Waals surface area contributed by atoms with E-state index >= 15 is 0 Å². The quantitative estimate of drug-likeness (QED) is 0.661. The fraction of sp³-hybridized carbons (Fsp3) is 0.333. The first-order valence-electron chi connectivity index (χ1n) is 9.59. The zero-order chi connectivity index (χ0) is 19.3. The molecule has 0 saturated heterocycles. The maximum absolute atomic E-state index is 12.5. The molecule has 2 aromatic heterocycles. The topological polar surface area (TPSA) is 92.7 Å². The Morgan fingerprint density at radius 3 is 2.75 bits per heavy atom. The van der Waals surface area contributed by atoms with Gasteiger partial charge < -0.3 is 10.3 Å². The largest absolute Gasteiger partial charge is 0.347 e. The third-order valence-electron chi connectivity index (χ3n) is 5.12. The highest BCUT2D eigenvalue weighted by Crippen LogP contribution is 2.34. The Kier molecular flexibility index (Phi) is 5.32. The predicted molar refractivity (Wildman–Crippen MR) is 105 cm³/mol. The van der Waals surface area contributed by atoms with Crippen LogP contribution >= 0.6 is 0 Å². The molecule has 4 rings (SSSR count). The van der Waals surface area contributed by atoms with Crippen LogP contribution in [0.25, 0.3) is 0 Å². The molecule has 0 radical (unpaired) electrons. The number of hydrogen-bond acceptors (Lipinski definition) is 4. The van der Waals surface area contributed by atoms with Crippen LogP contribution in [0, 0.1) is 0 Å². The molecule has 0 bridgehead atoms. The van der Waals surface area contributed by atoms with Crippen LogP contribution in [0.3, 0.4) is 0 Å². The van der Waals surface area contributed by atoms with E-state index in [4.69, 9.17) is 0 Å². The van der Waals surface area contributed by atoms with E-state index in [1.165, 1.54) is 12.5 Å². The van der Waals surface area contributed by atoms with Gasteiger partial charge in [-0.2, -0.15) is 5.10 Å². The summed E-state index contributed by atoms with van der Waals surface area (Å²) >= 11 is 0. The van der Waals surface area contributed by atoms with Gasteiger partial charge in [-0.3, -0.25) is 14.3 Å². The lowest BCUT2D eigenvalue weighted by molar-refractivity contribution is -0.122. The van der Waals surface area contributed by atoms with E-state index in [-0.39, 0.29) is 24.1 Å². The van der Waals surface area contributed by atoms with Crippen LogP contribution in [-0.4, -0.2) is 25.7 Å². The van der Waals surface area contributed by atoms with E-state index in [9.17, 15) is 9.59 Å². The van der Waals surface area contributed by atoms with Gasteiger partial charge >= 0.3 is 0 Å². The third-order valence-corrected chi connectivity index (χ3v) is 5.12. The average Bonchev–Trinajstić information content (AvgIpc) is 3.13. The van der Waals surface area contributed by atoms with E-state index in [0.717, 1.165) is 24.2 Å². The van der Waals surface area contributed by atoms with Crippen LogP contribution in [0.15, 0.2) is 59.7 Å². The van der Waals surface area contributed by atoms with Crippen molar-refractivity contribution in [3.8, 4) is 0 Å². The second-order valence-corrected chi connectivity index (χ2v) is 7.19. The van der Waals surface area contributed by atoms with Gasteiger partial charge in [0.25, 0.3) is 5.56 Å². The van der Waals surface area contributed by atoms with Crippen LogP contribution in [0.4, 0.5) is 0 Å². The van der Waals surface area contributed by atoms with Gasteiger partial charge in [0, 0.05) is 30.8 Å². The summed E-state index contributed by atoms with van der Waals surface area (Å²) < 4.78 is 1.58. The second kappa shape index (κ2) is 8.21. The van der Waals surface area contributed by atoms with Crippen LogP contribution < -0.4 is 10.9 Å². The maximum atomic E-state index is 12.5. The van der Waals surface area contributed by atoms with E-state index in [1.807, 2.05) is 30.3 Å². The maximum Gasteiger partial charge on any atom is 0.251 e. The van der Waals surface area contributed by atoms with E-state index < -0.39 is 0 Å². The first kappa shape index (κ1) is 18.2. The summed E-state index contributed by atoms with van der Waals surface area (Å²) in [4.78, 5) is 32.2. The zero-order valence-electron chi connectivity index (χ0n) is 15.5. The van der Waals surface area contributed by atoms with Gasteiger partial charge in [-0.15, -0.1) is 0 Å². The first-order valence-corrected chi connectivity index (χ1v) is 9.59. The normalized spacial score (nSPS) is 15.0. The van der Waals surface area contributed by atoms with E-state index in [1.54, 1.807) is 23.1 Å². The number of H-pyrrole nitrogens is 1. The summed E-state index contributed by atoms with van der Waals surface area (Å²) in [5.74, 6) is 0.974. The van der Waals surface area contributed by atoms with Crippen molar-refractivity contribution in [1.82, 2.24) is 25.1 Å².